The number of benzene rings is 2. The van der Waals surface area contributed by atoms with Gasteiger partial charge >= 0.3 is 5.97 Å². The molecule has 0 bridgehead atoms. The number of ether oxygens (including phenoxy) is 2. The van der Waals surface area contributed by atoms with Crippen molar-refractivity contribution in [3.05, 3.63) is 81.5 Å². The molecule has 0 fully saturated rings. The minimum Gasteiger partial charge on any atom is -0.456 e. The minimum absolute atomic E-state index is 0.111. The van der Waals surface area contributed by atoms with Crippen molar-refractivity contribution in [2.45, 2.75) is 0 Å². The highest BCUT2D eigenvalue weighted by Crippen LogP contribution is 2.27. The van der Waals surface area contributed by atoms with Gasteiger partial charge in [0.15, 0.2) is 6.61 Å². The van der Waals surface area contributed by atoms with Crippen LogP contribution in [0.15, 0.2) is 60.0 Å². The molecule has 136 valence electrons. The summed E-state index contributed by atoms with van der Waals surface area (Å²) in [5.41, 5.74) is 0.508. The summed E-state index contributed by atoms with van der Waals surface area (Å²) in [6, 6.07) is 18.1. The molecule has 0 saturated carbocycles. The molecule has 0 amide bonds. The Labute approximate surface area is 164 Å². The summed E-state index contributed by atoms with van der Waals surface area (Å²) in [7, 11) is 0. The summed E-state index contributed by atoms with van der Waals surface area (Å²) in [5, 5.41) is 20.1. The average molecular weight is 388 g/mol. The molecule has 1 aromatic heterocycles. The van der Waals surface area contributed by atoms with Crippen LogP contribution in [0.25, 0.3) is 0 Å². The number of ketones is 1. The highest BCUT2D eigenvalue weighted by Gasteiger charge is 2.14. The number of hydrogen-bond donors (Lipinski definition) is 0. The highest BCUT2D eigenvalue weighted by molar-refractivity contribution is 7.12. The van der Waals surface area contributed by atoms with Crippen LogP contribution in [0.5, 0.6) is 11.5 Å². The van der Waals surface area contributed by atoms with Gasteiger partial charge in [-0.05, 0) is 41.8 Å². The Morgan fingerprint density at radius 1 is 1.00 bits per heavy atom. The van der Waals surface area contributed by atoms with Gasteiger partial charge in [-0.1, -0.05) is 18.2 Å². The zero-order valence-electron chi connectivity index (χ0n) is 14.4. The average Bonchev–Trinajstić information content (AvgIpc) is 3.26. The second kappa shape index (κ2) is 8.63. The number of nitriles is 2. The van der Waals surface area contributed by atoms with E-state index in [1.165, 1.54) is 29.5 Å². The number of nitrogens with zero attached hydrogens (tertiary/aromatic N) is 2. The van der Waals surface area contributed by atoms with Crippen LogP contribution in [-0.2, 0) is 4.74 Å². The van der Waals surface area contributed by atoms with Gasteiger partial charge in [-0.2, -0.15) is 10.5 Å². The molecule has 0 spiro atoms. The number of thiophene rings is 1. The molecular weight excluding hydrogens is 376 g/mol. The number of carbonyl (C=O) groups excluding carboxylic acids is 2. The normalized spacial score (nSPS) is 9.79. The van der Waals surface area contributed by atoms with E-state index in [0.717, 1.165) is 0 Å². The van der Waals surface area contributed by atoms with Crippen molar-refractivity contribution >= 4 is 23.1 Å². The maximum atomic E-state index is 12.2. The third kappa shape index (κ3) is 4.24. The molecule has 0 aliphatic heterocycles. The SMILES string of the molecule is N#Cc1cccc(Oc2cccc(C(=O)OCC(=O)c3cccs3)c2)c1C#N. The maximum Gasteiger partial charge on any atom is 0.338 e. The highest BCUT2D eigenvalue weighted by atomic mass is 32.1. The number of esters is 1. The molecule has 0 radical (unpaired) electrons. The topological polar surface area (TPSA) is 100 Å². The van der Waals surface area contributed by atoms with Crippen molar-refractivity contribution in [1.29, 1.82) is 10.5 Å². The van der Waals surface area contributed by atoms with Crippen LogP contribution in [0, 0.1) is 22.7 Å². The van der Waals surface area contributed by atoms with Crippen LogP contribution in [0.4, 0.5) is 0 Å². The van der Waals surface area contributed by atoms with Crippen molar-refractivity contribution in [3.63, 3.8) is 0 Å². The molecule has 0 N–H and O–H groups in total. The molecule has 1 heterocycles. The van der Waals surface area contributed by atoms with Crippen LogP contribution in [0.3, 0.4) is 0 Å². The standard InChI is InChI=1S/C21H12N2O4S/c22-11-15-5-2-7-19(17(15)12-23)27-16-6-1-4-14(10-16)21(25)26-13-18(24)20-8-3-9-28-20/h1-10H,13H2. The van der Waals surface area contributed by atoms with Crippen molar-refractivity contribution in [1.82, 2.24) is 0 Å². The van der Waals surface area contributed by atoms with Gasteiger partial charge < -0.3 is 9.47 Å². The summed E-state index contributed by atoms with van der Waals surface area (Å²) in [4.78, 5) is 24.7. The molecule has 0 unspecified atom stereocenters. The Bertz CT molecular complexity index is 1110. The fourth-order valence-corrected chi connectivity index (χ4v) is 3.01. The first-order chi connectivity index (χ1) is 13.6. The van der Waals surface area contributed by atoms with Crippen LogP contribution in [0.1, 0.15) is 31.2 Å². The molecule has 3 aromatic rings. The smallest absolute Gasteiger partial charge is 0.338 e. The van der Waals surface area contributed by atoms with E-state index in [-0.39, 0.29) is 34.8 Å². The molecule has 0 aliphatic rings. The van der Waals surface area contributed by atoms with E-state index in [4.69, 9.17) is 14.7 Å². The lowest BCUT2D eigenvalue weighted by Crippen LogP contribution is -2.13. The van der Waals surface area contributed by atoms with Gasteiger partial charge in [0.2, 0.25) is 5.78 Å². The van der Waals surface area contributed by atoms with Crippen molar-refractivity contribution < 1.29 is 19.1 Å². The van der Waals surface area contributed by atoms with Gasteiger partial charge in [-0.3, -0.25) is 4.79 Å². The van der Waals surface area contributed by atoms with E-state index in [1.807, 2.05) is 12.1 Å². The molecule has 0 saturated heterocycles. The first kappa shape index (κ1) is 18.8. The molecule has 28 heavy (non-hydrogen) atoms. The molecular formula is C21H12N2O4S. The quantitative estimate of drug-likeness (QED) is 0.460. The molecule has 7 heteroatoms. The van der Waals surface area contributed by atoms with Gasteiger partial charge in [0.1, 0.15) is 29.2 Å². The van der Waals surface area contributed by atoms with Crippen LogP contribution in [0.2, 0.25) is 0 Å². The summed E-state index contributed by atoms with van der Waals surface area (Å²) in [6.45, 7) is -0.354. The van der Waals surface area contributed by atoms with E-state index in [9.17, 15) is 14.9 Å². The van der Waals surface area contributed by atoms with Crippen molar-refractivity contribution in [2.24, 2.45) is 0 Å². The van der Waals surface area contributed by atoms with E-state index in [1.54, 1.807) is 41.8 Å². The Kier molecular flexibility index (Phi) is 5.81. The fraction of sp³-hybridized carbons (Fsp3) is 0.0476. The Hall–Kier alpha value is -3.94. The first-order valence-corrected chi connectivity index (χ1v) is 8.95. The Morgan fingerprint density at radius 2 is 1.82 bits per heavy atom. The zero-order chi connectivity index (χ0) is 19.9. The van der Waals surface area contributed by atoms with E-state index in [0.29, 0.717) is 10.6 Å². The second-order valence-corrected chi connectivity index (χ2v) is 6.46. The van der Waals surface area contributed by atoms with Gasteiger partial charge in [-0.25, -0.2) is 4.79 Å². The van der Waals surface area contributed by atoms with E-state index >= 15 is 0 Å². The fourth-order valence-electron chi connectivity index (χ4n) is 2.36. The third-order valence-corrected chi connectivity index (χ3v) is 4.60. The lowest BCUT2D eigenvalue weighted by molar-refractivity contribution is 0.0475. The minimum atomic E-state index is -0.665. The van der Waals surface area contributed by atoms with Crippen LogP contribution in [-0.4, -0.2) is 18.4 Å². The van der Waals surface area contributed by atoms with Gasteiger partial charge in [-0.15, -0.1) is 11.3 Å². The number of carbonyl (C=O) groups is 2. The monoisotopic (exact) mass is 388 g/mol. The molecule has 6 nitrogen and oxygen atoms in total. The first-order valence-electron chi connectivity index (χ1n) is 8.07. The summed E-state index contributed by atoms with van der Waals surface area (Å²) in [6.07, 6.45) is 0. The van der Waals surface area contributed by atoms with E-state index in [2.05, 4.69) is 0 Å². The molecule has 2 aromatic carbocycles. The van der Waals surface area contributed by atoms with Gasteiger partial charge in [0.25, 0.3) is 0 Å². The van der Waals surface area contributed by atoms with Gasteiger partial charge in [0, 0.05) is 0 Å². The predicted octanol–water partition coefficient (Wildman–Crippen LogP) is 4.32. The number of rotatable bonds is 6. The van der Waals surface area contributed by atoms with E-state index < -0.39 is 5.97 Å². The summed E-state index contributed by atoms with van der Waals surface area (Å²) >= 11 is 1.28. The van der Waals surface area contributed by atoms with Crippen molar-refractivity contribution in [2.75, 3.05) is 6.61 Å². The lowest BCUT2D eigenvalue weighted by Gasteiger charge is -2.09. The number of Topliss-reactive ketones (excluding diaryl/α,β-unsaturated/α-hetero) is 1. The molecule has 0 atom stereocenters. The third-order valence-electron chi connectivity index (χ3n) is 3.69. The largest absolute Gasteiger partial charge is 0.456 e. The lowest BCUT2D eigenvalue weighted by atomic mass is 10.1. The maximum absolute atomic E-state index is 12.2. The Morgan fingerprint density at radius 3 is 2.54 bits per heavy atom. The summed E-state index contributed by atoms with van der Waals surface area (Å²) in [5.74, 6) is -0.435. The molecule has 3 rings (SSSR count). The van der Waals surface area contributed by atoms with Crippen LogP contribution >= 0.6 is 11.3 Å². The van der Waals surface area contributed by atoms with Gasteiger partial charge in [0.05, 0.1) is 16.0 Å². The number of hydrogen-bond acceptors (Lipinski definition) is 7. The second-order valence-electron chi connectivity index (χ2n) is 5.51. The predicted molar refractivity (Wildman–Crippen MR) is 101 cm³/mol. The van der Waals surface area contributed by atoms with Crippen LogP contribution < -0.4 is 4.74 Å². The Balaban J connectivity index is 1.72. The van der Waals surface area contributed by atoms with Crippen molar-refractivity contribution in [3.8, 4) is 23.6 Å². The summed E-state index contributed by atoms with van der Waals surface area (Å²) < 4.78 is 10.7. The molecule has 0 aliphatic carbocycles. The zero-order valence-corrected chi connectivity index (χ0v) is 15.2.